The third-order valence-corrected chi connectivity index (χ3v) is 5.19. The first-order chi connectivity index (χ1) is 12.9. The van der Waals surface area contributed by atoms with E-state index in [4.69, 9.17) is 11.6 Å². The lowest BCUT2D eigenvalue weighted by Gasteiger charge is -2.15. The predicted octanol–water partition coefficient (Wildman–Crippen LogP) is 4.22. The van der Waals surface area contributed by atoms with E-state index >= 15 is 0 Å². The summed E-state index contributed by atoms with van der Waals surface area (Å²) in [7, 11) is 0. The van der Waals surface area contributed by atoms with Gasteiger partial charge in [-0.1, -0.05) is 29.8 Å². The SMILES string of the molecule is O=C1C[C@H](Cc2c[nH]c3c(Cl)cccc23)C(=O)N1Cc1ccc(F)c(F)c1. The van der Waals surface area contributed by atoms with Gasteiger partial charge < -0.3 is 4.98 Å². The standard InChI is InChI=1S/C20H15ClF2N2O2/c21-15-3-1-2-14-13(9-24-19(14)15)7-12-8-18(26)25(20(12)27)10-11-4-5-16(22)17(23)6-11/h1-6,9,12,24H,7-8,10H2/t12-/m0/s1. The van der Waals surface area contributed by atoms with Crippen molar-refractivity contribution in [1.29, 1.82) is 0 Å². The Morgan fingerprint density at radius 1 is 1.15 bits per heavy atom. The summed E-state index contributed by atoms with van der Waals surface area (Å²) in [5, 5.41) is 1.51. The van der Waals surface area contributed by atoms with Gasteiger partial charge in [0.25, 0.3) is 0 Å². The van der Waals surface area contributed by atoms with Gasteiger partial charge in [0.05, 0.1) is 23.0 Å². The van der Waals surface area contributed by atoms with E-state index in [2.05, 4.69) is 4.98 Å². The molecular formula is C20H15ClF2N2O2. The van der Waals surface area contributed by atoms with Crippen LogP contribution in [0.3, 0.4) is 0 Å². The summed E-state index contributed by atoms with van der Waals surface area (Å²) in [6.45, 7) is -0.0644. The highest BCUT2D eigenvalue weighted by molar-refractivity contribution is 6.35. The summed E-state index contributed by atoms with van der Waals surface area (Å²) in [6, 6.07) is 8.88. The Bertz CT molecular complexity index is 1060. The Kier molecular flexibility index (Phi) is 4.44. The highest BCUT2D eigenvalue weighted by Gasteiger charge is 2.38. The van der Waals surface area contributed by atoms with Crippen molar-refractivity contribution in [2.75, 3.05) is 0 Å². The molecule has 1 aromatic heterocycles. The van der Waals surface area contributed by atoms with Crippen LogP contribution >= 0.6 is 11.6 Å². The monoisotopic (exact) mass is 388 g/mol. The van der Waals surface area contributed by atoms with Crippen LogP contribution in [0.25, 0.3) is 10.9 Å². The van der Waals surface area contributed by atoms with Crippen molar-refractivity contribution in [3.8, 4) is 0 Å². The molecule has 1 aliphatic rings. The Hall–Kier alpha value is -2.73. The molecule has 0 spiro atoms. The molecule has 0 saturated carbocycles. The van der Waals surface area contributed by atoms with Crippen molar-refractivity contribution in [2.24, 2.45) is 5.92 Å². The van der Waals surface area contributed by atoms with Crippen LogP contribution in [-0.4, -0.2) is 21.7 Å². The highest BCUT2D eigenvalue weighted by Crippen LogP contribution is 2.30. The van der Waals surface area contributed by atoms with Gasteiger partial charge in [0.1, 0.15) is 0 Å². The Labute approximate surface area is 158 Å². The van der Waals surface area contributed by atoms with E-state index in [1.807, 2.05) is 12.1 Å². The molecule has 1 atom stereocenters. The van der Waals surface area contributed by atoms with Gasteiger partial charge in [-0.2, -0.15) is 0 Å². The van der Waals surface area contributed by atoms with Crippen LogP contribution in [0.5, 0.6) is 0 Å². The van der Waals surface area contributed by atoms with Crippen molar-refractivity contribution in [3.05, 3.63) is 70.4 Å². The van der Waals surface area contributed by atoms with Crippen LogP contribution in [0.4, 0.5) is 8.78 Å². The van der Waals surface area contributed by atoms with E-state index < -0.39 is 17.6 Å². The number of para-hydroxylation sites is 1. The number of carbonyl (C=O) groups excluding carboxylic acids is 2. The van der Waals surface area contributed by atoms with Gasteiger partial charge in [-0.3, -0.25) is 14.5 Å². The fourth-order valence-electron chi connectivity index (χ4n) is 3.51. The third kappa shape index (κ3) is 3.21. The molecule has 0 unspecified atom stereocenters. The lowest BCUT2D eigenvalue weighted by Crippen LogP contribution is -2.30. The molecule has 138 valence electrons. The van der Waals surface area contributed by atoms with Gasteiger partial charge in [-0.05, 0) is 35.7 Å². The lowest BCUT2D eigenvalue weighted by molar-refractivity contribution is -0.140. The molecule has 4 nitrogen and oxygen atoms in total. The van der Waals surface area contributed by atoms with Crippen LogP contribution in [0.15, 0.2) is 42.6 Å². The number of aromatic nitrogens is 1. The second kappa shape index (κ2) is 6.78. The maximum atomic E-state index is 13.4. The van der Waals surface area contributed by atoms with E-state index in [-0.39, 0.29) is 24.8 Å². The molecule has 2 heterocycles. The number of aromatic amines is 1. The minimum absolute atomic E-state index is 0.0644. The number of rotatable bonds is 4. The fourth-order valence-corrected chi connectivity index (χ4v) is 3.74. The Morgan fingerprint density at radius 2 is 1.96 bits per heavy atom. The second-order valence-corrected chi connectivity index (χ2v) is 7.06. The molecule has 4 rings (SSSR count). The Morgan fingerprint density at radius 3 is 2.74 bits per heavy atom. The number of carbonyl (C=O) groups is 2. The van der Waals surface area contributed by atoms with Gasteiger partial charge in [-0.25, -0.2) is 8.78 Å². The van der Waals surface area contributed by atoms with Gasteiger partial charge in [0, 0.05) is 18.0 Å². The van der Waals surface area contributed by atoms with E-state index in [0.29, 0.717) is 17.0 Å². The molecule has 1 saturated heterocycles. The molecule has 1 aliphatic heterocycles. The van der Waals surface area contributed by atoms with Crippen molar-refractivity contribution in [1.82, 2.24) is 9.88 Å². The number of hydrogen-bond acceptors (Lipinski definition) is 2. The van der Waals surface area contributed by atoms with Crippen LogP contribution in [0.2, 0.25) is 5.02 Å². The van der Waals surface area contributed by atoms with Gasteiger partial charge in [0.2, 0.25) is 11.8 Å². The molecule has 1 N–H and O–H groups in total. The summed E-state index contributed by atoms with van der Waals surface area (Å²) in [5.74, 6) is -3.07. The minimum atomic E-state index is -1.00. The topological polar surface area (TPSA) is 53.2 Å². The predicted molar refractivity (Wildman–Crippen MR) is 97.0 cm³/mol. The number of H-pyrrole nitrogens is 1. The fraction of sp³-hybridized carbons (Fsp3) is 0.200. The number of fused-ring (bicyclic) bond motifs is 1. The Balaban J connectivity index is 1.53. The average Bonchev–Trinajstić information content (AvgIpc) is 3.16. The zero-order valence-corrected chi connectivity index (χ0v) is 14.9. The highest BCUT2D eigenvalue weighted by atomic mass is 35.5. The van der Waals surface area contributed by atoms with E-state index in [0.717, 1.165) is 33.5 Å². The first-order valence-corrected chi connectivity index (χ1v) is 8.84. The molecule has 0 radical (unpaired) electrons. The first kappa shape index (κ1) is 17.7. The van der Waals surface area contributed by atoms with Crippen LogP contribution < -0.4 is 0 Å². The smallest absolute Gasteiger partial charge is 0.233 e. The lowest BCUT2D eigenvalue weighted by atomic mass is 9.97. The number of halogens is 3. The summed E-state index contributed by atoms with van der Waals surface area (Å²) < 4.78 is 26.4. The molecule has 2 aromatic carbocycles. The number of nitrogens with zero attached hydrogens (tertiary/aromatic N) is 1. The largest absolute Gasteiger partial charge is 0.360 e. The number of imide groups is 1. The summed E-state index contributed by atoms with van der Waals surface area (Å²) >= 11 is 6.16. The third-order valence-electron chi connectivity index (χ3n) is 4.88. The van der Waals surface area contributed by atoms with Crippen molar-refractivity contribution in [2.45, 2.75) is 19.4 Å². The zero-order chi connectivity index (χ0) is 19.1. The molecule has 1 fully saturated rings. The van der Waals surface area contributed by atoms with Crippen molar-refractivity contribution in [3.63, 3.8) is 0 Å². The van der Waals surface area contributed by atoms with Crippen molar-refractivity contribution < 1.29 is 18.4 Å². The number of hydrogen-bond donors (Lipinski definition) is 1. The maximum absolute atomic E-state index is 13.4. The van der Waals surface area contributed by atoms with Gasteiger partial charge in [-0.15, -0.1) is 0 Å². The molecule has 0 bridgehead atoms. The quantitative estimate of drug-likeness (QED) is 0.680. The van der Waals surface area contributed by atoms with E-state index in [1.54, 1.807) is 12.3 Å². The average molecular weight is 389 g/mol. The van der Waals surface area contributed by atoms with Crippen LogP contribution in [-0.2, 0) is 22.6 Å². The molecule has 0 aliphatic carbocycles. The maximum Gasteiger partial charge on any atom is 0.233 e. The minimum Gasteiger partial charge on any atom is -0.360 e. The molecule has 27 heavy (non-hydrogen) atoms. The van der Waals surface area contributed by atoms with Crippen LogP contribution in [0.1, 0.15) is 17.5 Å². The molecular weight excluding hydrogens is 374 g/mol. The number of amides is 2. The van der Waals surface area contributed by atoms with E-state index in [1.165, 1.54) is 6.07 Å². The van der Waals surface area contributed by atoms with E-state index in [9.17, 15) is 18.4 Å². The zero-order valence-electron chi connectivity index (χ0n) is 14.1. The van der Waals surface area contributed by atoms with Crippen molar-refractivity contribution >= 4 is 34.3 Å². The second-order valence-electron chi connectivity index (χ2n) is 6.65. The normalized spacial score (nSPS) is 17.3. The number of likely N-dealkylation sites (tertiary alicyclic amines) is 1. The summed E-state index contributed by atoms with van der Waals surface area (Å²) in [5.41, 5.74) is 2.08. The molecule has 2 amide bonds. The number of nitrogens with one attached hydrogen (secondary N) is 1. The summed E-state index contributed by atoms with van der Waals surface area (Å²) in [4.78, 5) is 29.2. The molecule has 7 heteroatoms. The first-order valence-electron chi connectivity index (χ1n) is 8.46. The van der Waals surface area contributed by atoms with Gasteiger partial charge in [0.15, 0.2) is 11.6 Å². The van der Waals surface area contributed by atoms with Gasteiger partial charge >= 0.3 is 0 Å². The summed E-state index contributed by atoms with van der Waals surface area (Å²) in [6.07, 6.45) is 2.29. The number of benzene rings is 2. The van der Waals surface area contributed by atoms with Crippen LogP contribution in [0, 0.1) is 17.6 Å². The molecule has 3 aromatic rings.